The normalized spacial score (nSPS) is 20.6. The zero-order valence-electron chi connectivity index (χ0n) is 10.6. The summed E-state index contributed by atoms with van der Waals surface area (Å²) in [4.78, 5) is 25.9. The Labute approximate surface area is 115 Å². The van der Waals surface area contributed by atoms with E-state index in [1.165, 1.54) is 4.57 Å². The summed E-state index contributed by atoms with van der Waals surface area (Å²) >= 11 is 5.61. The van der Waals surface area contributed by atoms with Crippen molar-refractivity contribution < 1.29 is 9.53 Å². The van der Waals surface area contributed by atoms with Crippen LogP contribution in [0.2, 0.25) is 0 Å². The van der Waals surface area contributed by atoms with Crippen LogP contribution >= 0.6 is 11.6 Å². The number of amides is 1. The van der Waals surface area contributed by atoms with Crippen molar-refractivity contribution in [2.24, 2.45) is 5.73 Å². The van der Waals surface area contributed by atoms with Crippen LogP contribution < -0.4 is 11.4 Å². The molecule has 19 heavy (non-hydrogen) atoms. The molecule has 1 aliphatic rings. The topological polar surface area (TPSA) is 90.1 Å². The number of imidazole rings is 1. The molecular weight excluding hydrogens is 270 g/mol. The summed E-state index contributed by atoms with van der Waals surface area (Å²) in [7, 11) is 0. The van der Waals surface area contributed by atoms with Crippen LogP contribution in [0.25, 0.3) is 0 Å². The largest absolute Gasteiger partial charge is 0.378 e. The first-order valence-electron chi connectivity index (χ1n) is 6.38. The lowest BCUT2D eigenvalue weighted by Crippen LogP contribution is -2.26. The van der Waals surface area contributed by atoms with Gasteiger partial charge in [0.05, 0.1) is 12.0 Å². The molecule has 0 aliphatic carbocycles. The highest BCUT2D eigenvalue weighted by atomic mass is 35.5. The molecule has 106 valence electrons. The molecule has 0 saturated carbocycles. The maximum absolute atomic E-state index is 11.7. The molecule has 0 bridgehead atoms. The maximum Gasteiger partial charge on any atom is 0.325 e. The molecule has 0 radical (unpaired) electrons. The molecule has 2 rings (SSSR count). The smallest absolute Gasteiger partial charge is 0.325 e. The molecule has 7 heteroatoms. The molecule has 1 fully saturated rings. The van der Waals surface area contributed by atoms with Crippen molar-refractivity contribution in [1.82, 2.24) is 9.55 Å². The van der Waals surface area contributed by atoms with E-state index in [0.29, 0.717) is 24.5 Å². The van der Waals surface area contributed by atoms with Crippen molar-refractivity contribution in [2.45, 2.75) is 37.8 Å². The minimum atomic E-state index is -0.521. The lowest BCUT2D eigenvalue weighted by Gasteiger charge is -2.15. The van der Waals surface area contributed by atoms with Gasteiger partial charge < -0.3 is 15.5 Å². The molecule has 1 aromatic rings. The summed E-state index contributed by atoms with van der Waals surface area (Å²) in [5.41, 5.74) is 5.70. The molecule has 2 heterocycles. The Morgan fingerprint density at radius 3 is 3.05 bits per heavy atom. The number of nitrogens with one attached hydrogen (secondary N) is 1. The zero-order chi connectivity index (χ0) is 13.8. The first-order chi connectivity index (χ1) is 9.11. The van der Waals surface area contributed by atoms with Gasteiger partial charge in [0.2, 0.25) is 5.91 Å². The highest BCUT2D eigenvalue weighted by Crippen LogP contribution is 2.25. The van der Waals surface area contributed by atoms with Crippen molar-refractivity contribution in [3.63, 3.8) is 0 Å². The fourth-order valence-electron chi connectivity index (χ4n) is 2.38. The lowest BCUT2D eigenvalue weighted by atomic mass is 9.96. The van der Waals surface area contributed by atoms with Gasteiger partial charge >= 0.3 is 5.69 Å². The van der Waals surface area contributed by atoms with E-state index in [9.17, 15) is 9.59 Å². The molecule has 1 aliphatic heterocycles. The van der Waals surface area contributed by atoms with Crippen molar-refractivity contribution in [2.75, 3.05) is 12.5 Å². The predicted molar refractivity (Wildman–Crippen MR) is 71.3 cm³/mol. The summed E-state index contributed by atoms with van der Waals surface area (Å²) in [6, 6.07) is 0. The van der Waals surface area contributed by atoms with Gasteiger partial charge in [0.25, 0.3) is 0 Å². The molecule has 1 amide bonds. The number of ether oxygens (including phenoxy) is 1. The van der Waals surface area contributed by atoms with E-state index in [1.54, 1.807) is 6.20 Å². The van der Waals surface area contributed by atoms with Gasteiger partial charge in [-0.1, -0.05) is 0 Å². The number of carbonyl (C=O) groups excluding carboxylic acids is 1. The van der Waals surface area contributed by atoms with Gasteiger partial charge in [-0.25, -0.2) is 4.79 Å². The summed E-state index contributed by atoms with van der Waals surface area (Å²) in [6.07, 6.45) is 4.10. The monoisotopic (exact) mass is 287 g/mol. The molecule has 3 N–H and O–H groups in total. The Bertz CT molecular complexity index is 491. The molecule has 2 unspecified atom stereocenters. The molecule has 1 aromatic heterocycles. The highest BCUT2D eigenvalue weighted by Gasteiger charge is 2.27. The Balaban J connectivity index is 2.16. The Morgan fingerprint density at radius 1 is 1.68 bits per heavy atom. The fraction of sp³-hybridized carbons (Fsp3) is 0.667. The van der Waals surface area contributed by atoms with E-state index in [1.807, 2.05) is 0 Å². The molecule has 6 nitrogen and oxygen atoms in total. The number of aromatic nitrogens is 2. The third-order valence-electron chi connectivity index (χ3n) is 3.37. The van der Waals surface area contributed by atoms with Crippen molar-refractivity contribution in [3.8, 4) is 0 Å². The molecule has 2 atom stereocenters. The van der Waals surface area contributed by atoms with Crippen LogP contribution in [0.15, 0.2) is 11.0 Å². The van der Waals surface area contributed by atoms with Gasteiger partial charge in [0.1, 0.15) is 0 Å². The minimum absolute atomic E-state index is 0.0392. The van der Waals surface area contributed by atoms with Crippen LogP contribution in [0.3, 0.4) is 0 Å². The summed E-state index contributed by atoms with van der Waals surface area (Å²) in [5, 5.41) is 0. The van der Waals surface area contributed by atoms with Gasteiger partial charge in [-0.3, -0.25) is 9.36 Å². The number of hydrogen-bond donors (Lipinski definition) is 2. The maximum atomic E-state index is 11.7. The average Bonchev–Trinajstić information content (AvgIpc) is 2.97. The number of nitrogens with zero attached hydrogens (tertiary/aromatic N) is 1. The Morgan fingerprint density at radius 2 is 2.47 bits per heavy atom. The van der Waals surface area contributed by atoms with Crippen LogP contribution in [0, 0.1) is 0 Å². The van der Waals surface area contributed by atoms with E-state index in [4.69, 9.17) is 22.1 Å². The molecular formula is C12H18ClN3O3. The number of nitrogens with two attached hydrogens (primary N) is 1. The number of aromatic amines is 1. The summed E-state index contributed by atoms with van der Waals surface area (Å²) in [6.45, 7) is 1.13. The highest BCUT2D eigenvalue weighted by molar-refractivity contribution is 6.17. The van der Waals surface area contributed by atoms with Crippen molar-refractivity contribution >= 4 is 17.5 Å². The van der Waals surface area contributed by atoms with Crippen molar-refractivity contribution in [1.29, 1.82) is 0 Å². The Kier molecular flexibility index (Phi) is 4.66. The standard InChI is InChI=1S/C12H18ClN3O3/c13-3-4-16-7-10(15-12(16)18)9(11(14)17)6-8-2-1-5-19-8/h7-9H,1-6H2,(H2,14,17)(H,15,18). The van der Waals surface area contributed by atoms with Crippen LogP contribution in [0.1, 0.15) is 30.9 Å². The van der Waals surface area contributed by atoms with E-state index >= 15 is 0 Å². The molecule has 0 spiro atoms. The first-order valence-corrected chi connectivity index (χ1v) is 6.91. The number of carbonyl (C=O) groups is 1. The van der Waals surface area contributed by atoms with E-state index in [2.05, 4.69) is 4.98 Å². The third-order valence-corrected chi connectivity index (χ3v) is 3.54. The van der Waals surface area contributed by atoms with Crippen LogP contribution in [0.5, 0.6) is 0 Å². The second kappa shape index (κ2) is 6.25. The van der Waals surface area contributed by atoms with Gasteiger partial charge in [-0.05, 0) is 19.3 Å². The van der Waals surface area contributed by atoms with Crippen LogP contribution in [0.4, 0.5) is 0 Å². The SMILES string of the molecule is NC(=O)C(CC1CCCO1)c1cn(CCCl)c(=O)[nH]1. The lowest BCUT2D eigenvalue weighted by molar-refractivity contribution is -0.120. The van der Waals surface area contributed by atoms with Gasteiger partial charge in [-0.2, -0.15) is 0 Å². The minimum Gasteiger partial charge on any atom is -0.378 e. The van der Waals surface area contributed by atoms with E-state index in [-0.39, 0.29) is 11.8 Å². The third kappa shape index (κ3) is 3.39. The number of aryl methyl sites for hydroxylation is 1. The number of H-pyrrole nitrogens is 1. The van der Waals surface area contributed by atoms with Crippen molar-refractivity contribution in [3.05, 3.63) is 22.4 Å². The predicted octanol–water partition coefficient (Wildman–Crippen LogP) is 0.553. The van der Waals surface area contributed by atoms with Crippen LogP contribution in [-0.2, 0) is 16.1 Å². The number of hydrogen-bond acceptors (Lipinski definition) is 3. The first kappa shape index (κ1) is 14.1. The summed E-state index contributed by atoms with van der Waals surface area (Å²) in [5.74, 6) is -0.633. The quantitative estimate of drug-likeness (QED) is 0.749. The van der Waals surface area contributed by atoms with Gasteiger partial charge in [0.15, 0.2) is 0 Å². The molecule has 0 aromatic carbocycles. The fourth-order valence-corrected chi connectivity index (χ4v) is 2.56. The number of rotatable bonds is 6. The average molecular weight is 288 g/mol. The van der Waals surface area contributed by atoms with Gasteiger partial charge in [-0.15, -0.1) is 11.6 Å². The number of primary amides is 1. The number of alkyl halides is 1. The Hall–Kier alpha value is -1.27. The van der Waals surface area contributed by atoms with Gasteiger partial charge in [0, 0.05) is 30.9 Å². The van der Waals surface area contributed by atoms with Crippen LogP contribution in [-0.4, -0.2) is 34.0 Å². The van der Waals surface area contributed by atoms with E-state index < -0.39 is 11.8 Å². The number of halogens is 1. The zero-order valence-corrected chi connectivity index (χ0v) is 11.4. The summed E-state index contributed by atoms with van der Waals surface area (Å²) < 4.78 is 6.96. The van der Waals surface area contributed by atoms with E-state index in [0.717, 1.165) is 19.4 Å². The second-order valence-electron chi connectivity index (χ2n) is 4.72. The second-order valence-corrected chi connectivity index (χ2v) is 5.10. The molecule has 1 saturated heterocycles.